The van der Waals surface area contributed by atoms with Crippen molar-refractivity contribution in [2.75, 3.05) is 26.4 Å². The Hall–Kier alpha value is -0.166. The second kappa shape index (κ2) is 13.9. The fourth-order valence-electron chi connectivity index (χ4n) is 3.26. The van der Waals surface area contributed by atoms with Gasteiger partial charge < -0.3 is 9.47 Å². The third-order valence-electron chi connectivity index (χ3n) is 4.94. The standard InChI is InChI=1S/C22H46O2Si2/c1-21(2)19-23-13-11-17-25(5,6)15-9-10-16-26(7,8)18-12-14-24-20-22(3)4/h1,3,9-20H2,2,4-8H3. The molecule has 0 spiro atoms. The number of hydrogen-bond acceptors (Lipinski definition) is 2. The van der Waals surface area contributed by atoms with Crippen LogP contribution < -0.4 is 0 Å². The van der Waals surface area contributed by atoms with E-state index in [1.165, 1.54) is 49.9 Å². The zero-order valence-corrected chi connectivity index (χ0v) is 20.7. The van der Waals surface area contributed by atoms with Gasteiger partial charge >= 0.3 is 0 Å². The van der Waals surface area contributed by atoms with Crippen LogP contribution in [-0.2, 0) is 9.47 Å². The maximum absolute atomic E-state index is 5.64. The topological polar surface area (TPSA) is 18.5 Å². The minimum absolute atomic E-state index is 0.722. The molecular formula is C22H46O2Si2. The molecule has 0 aromatic heterocycles. The highest BCUT2D eigenvalue weighted by Crippen LogP contribution is 2.25. The number of hydrogen-bond donors (Lipinski definition) is 0. The normalized spacial score (nSPS) is 12.4. The van der Waals surface area contributed by atoms with Crippen LogP contribution in [0, 0.1) is 0 Å². The highest BCUT2D eigenvalue weighted by molar-refractivity contribution is 6.78. The van der Waals surface area contributed by atoms with E-state index in [0.717, 1.165) is 37.6 Å². The smallest absolute Gasteiger partial charge is 0.0671 e. The van der Waals surface area contributed by atoms with Crippen molar-refractivity contribution in [3.8, 4) is 0 Å². The zero-order valence-electron chi connectivity index (χ0n) is 18.7. The van der Waals surface area contributed by atoms with Crippen LogP contribution >= 0.6 is 0 Å². The van der Waals surface area contributed by atoms with Crippen LogP contribution in [0.15, 0.2) is 24.3 Å². The molecule has 0 bridgehead atoms. The van der Waals surface area contributed by atoms with Gasteiger partial charge in [-0.2, -0.15) is 0 Å². The zero-order chi connectivity index (χ0) is 20.1. The van der Waals surface area contributed by atoms with Crippen molar-refractivity contribution in [3.63, 3.8) is 0 Å². The molecule has 0 amide bonds. The molecule has 0 saturated heterocycles. The lowest BCUT2D eigenvalue weighted by Crippen LogP contribution is -2.27. The molecule has 2 nitrogen and oxygen atoms in total. The quantitative estimate of drug-likeness (QED) is 0.147. The van der Waals surface area contributed by atoms with E-state index in [9.17, 15) is 0 Å². The molecule has 0 rings (SSSR count). The van der Waals surface area contributed by atoms with Crippen LogP contribution in [0.5, 0.6) is 0 Å². The molecule has 4 heteroatoms. The number of rotatable bonds is 17. The van der Waals surface area contributed by atoms with Crippen molar-refractivity contribution < 1.29 is 9.47 Å². The van der Waals surface area contributed by atoms with E-state index in [4.69, 9.17) is 9.47 Å². The number of unbranched alkanes of at least 4 members (excludes halogenated alkanes) is 1. The van der Waals surface area contributed by atoms with Gasteiger partial charge in [0.15, 0.2) is 0 Å². The molecule has 154 valence electrons. The summed E-state index contributed by atoms with van der Waals surface area (Å²) >= 11 is 0. The predicted molar refractivity (Wildman–Crippen MR) is 124 cm³/mol. The van der Waals surface area contributed by atoms with Gasteiger partial charge in [0.2, 0.25) is 0 Å². The lowest BCUT2D eigenvalue weighted by molar-refractivity contribution is 0.156. The van der Waals surface area contributed by atoms with Gasteiger partial charge in [0.05, 0.1) is 13.2 Å². The van der Waals surface area contributed by atoms with Crippen LogP contribution in [0.2, 0.25) is 50.4 Å². The Bertz CT molecular complexity index is 365. The molecule has 0 radical (unpaired) electrons. The Morgan fingerprint density at radius 1 is 0.615 bits per heavy atom. The van der Waals surface area contributed by atoms with Gasteiger partial charge in [-0.05, 0) is 26.7 Å². The van der Waals surface area contributed by atoms with Crippen molar-refractivity contribution in [1.82, 2.24) is 0 Å². The first-order valence-electron chi connectivity index (χ1n) is 10.5. The van der Waals surface area contributed by atoms with Crippen LogP contribution in [0.4, 0.5) is 0 Å². The lowest BCUT2D eigenvalue weighted by Gasteiger charge is -2.25. The second-order valence-electron chi connectivity index (χ2n) is 9.76. The average Bonchev–Trinajstić information content (AvgIpc) is 2.50. The van der Waals surface area contributed by atoms with E-state index in [1.807, 2.05) is 13.8 Å². The molecular weight excluding hydrogens is 352 g/mol. The minimum Gasteiger partial charge on any atom is -0.377 e. The molecule has 26 heavy (non-hydrogen) atoms. The Kier molecular flexibility index (Phi) is 13.8. The Balaban J connectivity index is 3.75. The van der Waals surface area contributed by atoms with Crippen molar-refractivity contribution in [1.29, 1.82) is 0 Å². The van der Waals surface area contributed by atoms with Gasteiger partial charge in [-0.15, -0.1) is 0 Å². The molecule has 0 aliphatic rings. The molecule has 0 fully saturated rings. The van der Waals surface area contributed by atoms with E-state index in [2.05, 4.69) is 39.3 Å². The van der Waals surface area contributed by atoms with E-state index in [0.29, 0.717) is 0 Å². The molecule has 0 aliphatic carbocycles. The minimum atomic E-state index is -1.04. The van der Waals surface area contributed by atoms with E-state index in [-0.39, 0.29) is 0 Å². The third-order valence-corrected chi connectivity index (χ3v) is 11.8. The lowest BCUT2D eigenvalue weighted by atomic mass is 10.4. The molecule has 0 aliphatic heterocycles. The summed E-state index contributed by atoms with van der Waals surface area (Å²) < 4.78 is 11.3. The van der Waals surface area contributed by atoms with E-state index in [1.54, 1.807) is 0 Å². The van der Waals surface area contributed by atoms with Gasteiger partial charge in [0.1, 0.15) is 0 Å². The van der Waals surface area contributed by atoms with Crippen LogP contribution in [-0.4, -0.2) is 42.6 Å². The Labute approximate surface area is 166 Å². The largest absolute Gasteiger partial charge is 0.377 e. The highest BCUT2D eigenvalue weighted by atomic mass is 28.3. The first kappa shape index (κ1) is 25.8. The fraction of sp³-hybridized carbons (Fsp3) is 0.818. The van der Waals surface area contributed by atoms with Gasteiger partial charge in [0, 0.05) is 29.4 Å². The first-order chi connectivity index (χ1) is 12.0. The summed E-state index contributed by atoms with van der Waals surface area (Å²) in [6.07, 6.45) is 5.29. The molecule has 0 unspecified atom stereocenters. The fourth-order valence-corrected chi connectivity index (χ4v) is 8.37. The molecule has 0 atom stereocenters. The van der Waals surface area contributed by atoms with Crippen LogP contribution in [0.3, 0.4) is 0 Å². The average molecular weight is 399 g/mol. The summed E-state index contributed by atoms with van der Waals surface area (Å²) in [7, 11) is -2.08. The molecule has 0 heterocycles. The summed E-state index contributed by atoms with van der Waals surface area (Å²) in [6, 6.07) is 5.73. The van der Waals surface area contributed by atoms with E-state index < -0.39 is 16.1 Å². The summed E-state index contributed by atoms with van der Waals surface area (Å²) in [5.74, 6) is 0. The van der Waals surface area contributed by atoms with Crippen molar-refractivity contribution in [2.24, 2.45) is 0 Å². The van der Waals surface area contributed by atoms with Crippen LogP contribution in [0.25, 0.3) is 0 Å². The van der Waals surface area contributed by atoms with E-state index >= 15 is 0 Å². The predicted octanol–water partition coefficient (Wildman–Crippen LogP) is 7.15. The van der Waals surface area contributed by atoms with Gasteiger partial charge in [-0.25, -0.2) is 0 Å². The maximum atomic E-state index is 5.64. The maximum Gasteiger partial charge on any atom is 0.0671 e. The van der Waals surface area contributed by atoms with Crippen molar-refractivity contribution >= 4 is 16.1 Å². The van der Waals surface area contributed by atoms with Crippen molar-refractivity contribution in [3.05, 3.63) is 24.3 Å². The van der Waals surface area contributed by atoms with Gasteiger partial charge in [0.25, 0.3) is 0 Å². The molecule has 0 aromatic rings. The Morgan fingerprint density at radius 3 is 1.23 bits per heavy atom. The van der Waals surface area contributed by atoms with Crippen molar-refractivity contribution in [2.45, 2.75) is 89.9 Å². The second-order valence-corrected chi connectivity index (χ2v) is 20.4. The third kappa shape index (κ3) is 17.3. The highest BCUT2D eigenvalue weighted by Gasteiger charge is 2.22. The molecule has 0 N–H and O–H groups in total. The Morgan fingerprint density at radius 2 is 0.923 bits per heavy atom. The molecule has 0 aromatic carbocycles. The summed E-state index contributed by atoms with van der Waals surface area (Å²) in [5.41, 5.74) is 2.24. The summed E-state index contributed by atoms with van der Waals surface area (Å²) in [6.45, 7) is 25.3. The molecule has 0 saturated carbocycles. The summed E-state index contributed by atoms with van der Waals surface area (Å²) in [5, 5.41) is 0. The SMILES string of the molecule is C=C(C)COCCC[Si](C)(C)CCCC[Si](C)(C)CCCOCC(=C)C. The van der Waals surface area contributed by atoms with Gasteiger partial charge in [-0.3, -0.25) is 0 Å². The van der Waals surface area contributed by atoms with Gasteiger partial charge in [-0.1, -0.05) is 87.5 Å². The summed E-state index contributed by atoms with van der Waals surface area (Å²) in [4.78, 5) is 0. The number of ether oxygens (including phenoxy) is 2. The monoisotopic (exact) mass is 398 g/mol. The first-order valence-corrected chi connectivity index (χ1v) is 17.3. The van der Waals surface area contributed by atoms with Crippen LogP contribution in [0.1, 0.15) is 39.5 Å².